The fourth-order valence-electron chi connectivity index (χ4n) is 0.826. The van der Waals surface area contributed by atoms with Crippen molar-refractivity contribution in [2.75, 3.05) is 13.6 Å². The van der Waals surface area contributed by atoms with Crippen molar-refractivity contribution in [1.82, 2.24) is 4.90 Å². The van der Waals surface area contributed by atoms with Gasteiger partial charge in [0.05, 0.1) is 5.82 Å². The SMILES string of the molecule is C=CC(N)CCCN(C)C(=C)N. The lowest BCUT2D eigenvalue weighted by Crippen LogP contribution is -2.25. The van der Waals surface area contributed by atoms with Crippen molar-refractivity contribution in [3.8, 4) is 0 Å². The van der Waals surface area contributed by atoms with Gasteiger partial charge in [0.15, 0.2) is 0 Å². The smallest absolute Gasteiger partial charge is 0.0909 e. The maximum atomic E-state index is 5.65. The highest BCUT2D eigenvalue weighted by Crippen LogP contribution is 1.98. The zero-order chi connectivity index (χ0) is 9.56. The summed E-state index contributed by atoms with van der Waals surface area (Å²) in [5, 5.41) is 0. The van der Waals surface area contributed by atoms with Gasteiger partial charge in [0.2, 0.25) is 0 Å². The van der Waals surface area contributed by atoms with E-state index >= 15 is 0 Å². The van der Waals surface area contributed by atoms with E-state index in [9.17, 15) is 0 Å². The minimum absolute atomic E-state index is 0.101. The zero-order valence-corrected chi connectivity index (χ0v) is 7.79. The summed E-state index contributed by atoms with van der Waals surface area (Å²) in [6.45, 7) is 8.14. The molecule has 0 bridgehead atoms. The number of nitrogens with two attached hydrogens (primary N) is 2. The third-order valence-corrected chi connectivity index (χ3v) is 1.82. The summed E-state index contributed by atoms with van der Waals surface area (Å²) in [5.41, 5.74) is 11.1. The Balaban J connectivity index is 3.43. The zero-order valence-electron chi connectivity index (χ0n) is 7.79. The lowest BCUT2D eigenvalue weighted by molar-refractivity contribution is 0.396. The number of nitrogens with zero attached hydrogens (tertiary/aromatic N) is 1. The molecule has 0 rings (SSSR count). The Morgan fingerprint density at radius 3 is 2.67 bits per heavy atom. The first-order valence-electron chi connectivity index (χ1n) is 4.11. The van der Waals surface area contributed by atoms with E-state index in [2.05, 4.69) is 13.2 Å². The summed E-state index contributed by atoms with van der Waals surface area (Å²) in [4.78, 5) is 1.91. The van der Waals surface area contributed by atoms with Gasteiger partial charge in [0.1, 0.15) is 0 Å². The van der Waals surface area contributed by atoms with Crippen LogP contribution >= 0.6 is 0 Å². The molecule has 0 saturated carbocycles. The van der Waals surface area contributed by atoms with Crippen LogP contribution in [0.3, 0.4) is 0 Å². The van der Waals surface area contributed by atoms with Crippen LogP contribution in [0.2, 0.25) is 0 Å². The lowest BCUT2D eigenvalue weighted by atomic mass is 10.1. The molecule has 0 aliphatic rings. The van der Waals surface area contributed by atoms with Crippen molar-refractivity contribution in [2.24, 2.45) is 11.5 Å². The van der Waals surface area contributed by atoms with Gasteiger partial charge in [0, 0.05) is 19.6 Å². The van der Waals surface area contributed by atoms with Crippen LogP contribution in [-0.2, 0) is 0 Å². The average molecular weight is 169 g/mol. The van der Waals surface area contributed by atoms with E-state index in [1.54, 1.807) is 6.08 Å². The molecule has 4 N–H and O–H groups in total. The monoisotopic (exact) mass is 169 g/mol. The molecule has 0 saturated heterocycles. The largest absolute Gasteiger partial charge is 0.386 e. The molecule has 0 aromatic rings. The predicted octanol–water partition coefficient (Wildman–Crippen LogP) is 0.642. The molecule has 0 aliphatic carbocycles. The van der Waals surface area contributed by atoms with E-state index in [1.807, 2.05) is 11.9 Å². The number of hydrogen-bond acceptors (Lipinski definition) is 3. The molecule has 0 amide bonds. The van der Waals surface area contributed by atoms with Gasteiger partial charge >= 0.3 is 0 Å². The van der Waals surface area contributed by atoms with Gasteiger partial charge in [-0.05, 0) is 12.8 Å². The van der Waals surface area contributed by atoms with E-state index in [4.69, 9.17) is 11.5 Å². The van der Waals surface area contributed by atoms with Gasteiger partial charge < -0.3 is 16.4 Å². The third-order valence-electron chi connectivity index (χ3n) is 1.82. The first-order valence-corrected chi connectivity index (χ1v) is 4.11. The Hall–Kier alpha value is -0.960. The highest BCUT2D eigenvalue weighted by molar-refractivity contribution is 4.85. The second-order valence-electron chi connectivity index (χ2n) is 2.95. The van der Waals surface area contributed by atoms with Gasteiger partial charge in [-0.25, -0.2) is 0 Å². The van der Waals surface area contributed by atoms with Crippen LogP contribution in [0, 0.1) is 0 Å². The van der Waals surface area contributed by atoms with Gasteiger partial charge in [-0.2, -0.15) is 0 Å². The van der Waals surface area contributed by atoms with Crippen LogP contribution in [-0.4, -0.2) is 24.5 Å². The predicted molar refractivity (Wildman–Crippen MR) is 53.4 cm³/mol. The highest BCUT2D eigenvalue weighted by atomic mass is 15.2. The maximum Gasteiger partial charge on any atom is 0.0909 e. The first-order chi connectivity index (χ1) is 5.57. The van der Waals surface area contributed by atoms with Gasteiger partial charge in [-0.15, -0.1) is 6.58 Å². The molecule has 0 heterocycles. The molecule has 0 aliphatic heterocycles. The van der Waals surface area contributed by atoms with E-state index in [0.29, 0.717) is 5.82 Å². The molecule has 3 nitrogen and oxygen atoms in total. The van der Waals surface area contributed by atoms with Crippen molar-refractivity contribution >= 4 is 0 Å². The lowest BCUT2D eigenvalue weighted by Gasteiger charge is -2.18. The van der Waals surface area contributed by atoms with Crippen molar-refractivity contribution < 1.29 is 0 Å². The van der Waals surface area contributed by atoms with Gasteiger partial charge in [0.25, 0.3) is 0 Å². The summed E-state index contributed by atoms with van der Waals surface area (Å²) in [6.07, 6.45) is 3.72. The molecule has 0 aromatic heterocycles. The molecular formula is C9H19N3. The van der Waals surface area contributed by atoms with Crippen LogP contribution in [0.15, 0.2) is 25.1 Å². The molecule has 0 fully saturated rings. The maximum absolute atomic E-state index is 5.65. The standard InChI is InChI=1S/C9H19N3/c1-4-9(11)6-5-7-12(3)8(2)10/h4,9H,1-2,5-7,10-11H2,3H3. The molecule has 0 radical (unpaired) electrons. The number of rotatable bonds is 6. The average Bonchev–Trinajstić information content (AvgIpc) is 2.03. The first kappa shape index (κ1) is 11.0. The Morgan fingerprint density at radius 1 is 1.67 bits per heavy atom. The van der Waals surface area contributed by atoms with Gasteiger partial charge in [-0.1, -0.05) is 12.7 Å². The summed E-state index contributed by atoms with van der Waals surface area (Å²) in [7, 11) is 1.92. The van der Waals surface area contributed by atoms with Crippen LogP contribution in [0.4, 0.5) is 0 Å². The van der Waals surface area contributed by atoms with Crippen molar-refractivity contribution in [3.05, 3.63) is 25.1 Å². The molecule has 3 heteroatoms. The minimum Gasteiger partial charge on any atom is -0.386 e. The Morgan fingerprint density at radius 2 is 2.25 bits per heavy atom. The molecular weight excluding hydrogens is 150 g/mol. The summed E-state index contributed by atoms with van der Waals surface area (Å²) >= 11 is 0. The van der Waals surface area contributed by atoms with E-state index in [1.165, 1.54) is 0 Å². The topological polar surface area (TPSA) is 55.3 Å². The molecule has 70 valence electrons. The van der Waals surface area contributed by atoms with Crippen molar-refractivity contribution in [1.29, 1.82) is 0 Å². The Bertz CT molecular complexity index is 154. The van der Waals surface area contributed by atoms with E-state index in [0.717, 1.165) is 19.4 Å². The third kappa shape index (κ3) is 4.79. The number of hydrogen-bond donors (Lipinski definition) is 2. The van der Waals surface area contributed by atoms with Crippen molar-refractivity contribution in [3.63, 3.8) is 0 Å². The van der Waals surface area contributed by atoms with Crippen LogP contribution in [0.25, 0.3) is 0 Å². The molecule has 0 aromatic carbocycles. The second-order valence-corrected chi connectivity index (χ2v) is 2.95. The fourth-order valence-corrected chi connectivity index (χ4v) is 0.826. The Kier molecular flexibility index (Phi) is 5.21. The molecule has 12 heavy (non-hydrogen) atoms. The summed E-state index contributed by atoms with van der Waals surface area (Å²) in [6, 6.07) is 0.101. The molecule has 1 atom stereocenters. The fraction of sp³-hybridized carbons (Fsp3) is 0.556. The summed E-state index contributed by atoms with van der Waals surface area (Å²) < 4.78 is 0. The quantitative estimate of drug-likeness (QED) is 0.574. The van der Waals surface area contributed by atoms with Crippen LogP contribution < -0.4 is 11.5 Å². The minimum atomic E-state index is 0.101. The van der Waals surface area contributed by atoms with Crippen molar-refractivity contribution in [2.45, 2.75) is 18.9 Å². The van der Waals surface area contributed by atoms with Gasteiger partial charge in [-0.3, -0.25) is 0 Å². The molecule has 0 spiro atoms. The normalized spacial score (nSPS) is 12.2. The van der Waals surface area contributed by atoms with Crippen LogP contribution in [0.5, 0.6) is 0 Å². The van der Waals surface area contributed by atoms with E-state index < -0.39 is 0 Å². The molecule has 1 unspecified atom stereocenters. The second kappa shape index (κ2) is 5.66. The summed E-state index contributed by atoms with van der Waals surface area (Å²) in [5.74, 6) is 0.599. The Labute approximate surface area is 74.7 Å². The van der Waals surface area contributed by atoms with Crippen LogP contribution in [0.1, 0.15) is 12.8 Å². The van der Waals surface area contributed by atoms with E-state index in [-0.39, 0.29) is 6.04 Å². The highest BCUT2D eigenvalue weighted by Gasteiger charge is 1.99.